The van der Waals surface area contributed by atoms with Crippen LogP contribution in [0.4, 0.5) is 13.6 Å². The molecule has 0 N–H and O–H groups in total. The predicted molar refractivity (Wildman–Crippen MR) is 161 cm³/mol. The van der Waals surface area contributed by atoms with Gasteiger partial charge in [0.1, 0.15) is 22.9 Å². The number of hydrogen-bond donors (Lipinski definition) is 0. The smallest absolute Gasteiger partial charge is 0.417 e. The number of amides is 2. The van der Waals surface area contributed by atoms with Gasteiger partial charge in [-0.15, -0.1) is 0 Å². The standard InChI is InChI=1S/C35H45F2NO5/c1-21(2)31-34(3,4)43-33(40)38(31)32(39)35(5,37)30(24-14-15-24)25-8-7-9-27(18-25)42-20-22-10-12-23(13-11-22)28-19-26(41-6)16-17-29(28)36/h7-9,16-19,21-24,30-31H,10-15,20H2,1-6H3/t22?,23?,30-,31-,35+/m0/s1. The van der Waals surface area contributed by atoms with Crippen molar-refractivity contribution < 1.29 is 32.6 Å². The first-order chi connectivity index (χ1) is 20.3. The first-order valence-electron chi connectivity index (χ1n) is 15.6. The Labute approximate surface area is 254 Å². The molecule has 2 amide bonds. The zero-order chi connectivity index (χ0) is 31.1. The van der Waals surface area contributed by atoms with Crippen molar-refractivity contribution in [3.8, 4) is 11.5 Å². The Kier molecular flexibility index (Phi) is 8.79. The molecule has 0 unspecified atom stereocenters. The van der Waals surface area contributed by atoms with Crippen molar-refractivity contribution in [2.24, 2.45) is 17.8 Å². The molecule has 5 rings (SSSR count). The summed E-state index contributed by atoms with van der Waals surface area (Å²) in [5.41, 5.74) is -1.79. The van der Waals surface area contributed by atoms with Gasteiger partial charge in [-0.2, -0.15) is 0 Å². The largest absolute Gasteiger partial charge is 0.497 e. The van der Waals surface area contributed by atoms with Crippen LogP contribution in [0.2, 0.25) is 0 Å². The number of methoxy groups -OCH3 is 1. The fourth-order valence-corrected chi connectivity index (χ4v) is 7.51. The van der Waals surface area contributed by atoms with Crippen molar-refractivity contribution in [3.63, 3.8) is 0 Å². The molecule has 2 saturated carbocycles. The van der Waals surface area contributed by atoms with Gasteiger partial charge in [-0.3, -0.25) is 4.79 Å². The predicted octanol–water partition coefficient (Wildman–Crippen LogP) is 8.19. The lowest BCUT2D eigenvalue weighted by atomic mass is 9.78. The van der Waals surface area contributed by atoms with E-state index in [1.54, 1.807) is 33.1 Å². The summed E-state index contributed by atoms with van der Waals surface area (Å²) in [5, 5.41) is 0. The maximum Gasteiger partial charge on any atom is 0.417 e. The molecule has 3 fully saturated rings. The third kappa shape index (κ3) is 6.39. The van der Waals surface area contributed by atoms with E-state index >= 15 is 4.39 Å². The fraction of sp³-hybridized carbons (Fsp3) is 0.600. The van der Waals surface area contributed by atoms with E-state index < -0.39 is 35.2 Å². The number of carbonyl (C=O) groups is 2. The van der Waals surface area contributed by atoms with Crippen LogP contribution in [0.5, 0.6) is 11.5 Å². The highest BCUT2D eigenvalue weighted by molar-refractivity contribution is 5.99. The topological polar surface area (TPSA) is 65.1 Å². The van der Waals surface area contributed by atoms with Crippen molar-refractivity contribution >= 4 is 12.0 Å². The Bertz CT molecular complexity index is 1330. The van der Waals surface area contributed by atoms with E-state index in [9.17, 15) is 14.0 Å². The molecule has 6 nitrogen and oxygen atoms in total. The summed E-state index contributed by atoms with van der Waals surface area (Å²) in [6, 6.07) is 11.8. The molecule has 1 heterocycles. The first kappa shape index (κ1) is 31.3. The van der Waals surface area contributed by atoms with E-state index in [0.717, 1.165) is 43.4 Å². The van der Waals surface area contributed by atoms with Crippen molar-refractivity contribution in [3.05, 3.63) is 59.4 Å². The normalized spacial score (nSPS) is 25.7. The summed E-state index contributed by atoms with van der Waals surface area (Å²) in [4.78, 5) is 27.7. The Hall–Kier alpha value is -3.16. The van der Waals surface area contributed by atoms with Crippen LogP contribution in [0.1, 0.15) is 96.1 Å². The highest BCUT2D eigenvalue weighted by Gasteiger charge is 2.59. The lowest BCUT2D eigenvalue weighted by Gasteiger charge is -2.36. The molecule has 1 aliphatic heterocycles. The number of hydrogen-bond acceptors (Lipinski definition) is 5. The second-order valence-corrected chi connectivity index (χ2v) is 13.7. The number of carbonyl (C=O) groups excluding carboxylic acids is 2. The molecule has 0 aromatic heterocycles. The van der Waals surface area contributed by atoms with E-state index in [-0.39, 0.29) is 23.6 Å². The lowest BCUT2D eigenvalue weighted by molar-refractivity contribution is -0.144. The van der Waals surface area contributed by atoms with Gasteiger partial charge in [-0.1, -0.05) is 26.0 Å². The van der Waals surface area contributed by atoms with Crippen LogP contribution in [0.25, 0.3) is 0 Å². The highest BCUT2D eigenvalue weighted by atomic mass is 19.1. The van der Waals surface area contributed by atoms with Crippen LogP contribution in [0.15, 0.2) is 42.5 Å². The molecule has 2 aromatic rings. The van der Waals surface area contributed by atoms with Gasteiger partial charge < -0.3 is 14.2 Å². The first-order valence-corrected chi connectivity index (χ1v) is 15.6. The minimum atomic E-state index is -2.31. The Morgan fingerprint density at radius 2 is 1.77 bits per heavy atom. The van der Waals surface area contributed by atoms with Crippen LogP contribution >= 0.6 is 0 Å². The SMILES string of the molecule is COc1ccc(F)c(C2CCC(COc3cccc([C@H](C4CC4)[C@@](C)(F)C(=O)N4C(=O)OC(C)(C)[C@@H]4C(C)C)c3)CC2)c1. The van der Waals surface area contributed by atoms with Gasteiger partial charge in [0, 0.05) is 5.92 Å². The number of benzene rings is 2. The Morgan fingerprint density at radius 1 is 1.07 bits per heavy atom. The molecule has 0 spiro atoms. The molecular weight excluding hydrogens is 552 g/mol. The molecule has 2 aliphatic carbocycles. The molecular formula is C35H45F2NO5. The monoisotopic (exact) mass is 597 g/mol. The van der Waals surface area contributed by atoms with Gasteiger partial charge in [0.25, 0.3) is 5.91 Å². The summed E-state index contributed by atoms with van der Waals surface area (Å²) >= 11 is 0. The molecule has 234 valence electrons. The Balaban J connectivity index is 1.26. The molecule has 0 radical (unpaired) electrons. The van der Waals surface area contributed by atoms with Gasteiger partial charge >= 0.3 is 6.09 Å². The number of imide groups is 1. The highest BCUT2D eigenvalue weighted by Crippen LogP contribution is 2.51. The zero-order valence-corrected chi connectivity index (χ0v) is 26.2. The van der Waals surface area contributed by atoms with Crippen molar-refractivity contribution in [1.82, 2.24) is 4.90 Å². The van der Waals surface area contributed by atoms with E-state index in [1.807, 2.05) is 38.1 Å². The van der Waals surface area contributed by atoms with Crippen molar-refractivity contribution in [2.45, 2.75) is 102 Å². The second kappa shape index (κ2) is 12.1. The van der Waals surface area contributed by atoms with E-state index in [4.69, 9.17) is 14.2 Å². The minimum Gasteiger partial charge on any atom is -0.497 e. The molecule has 1 saturated heterocycles. The number of rotatable bonds is 10. The van der Waals surface area contributed by atoms with Crippen molar-refractivity contribution in [2.75, 3.05) is 13.7 Å². The maximum absolute atomic E-state index is 16.8. The Morgan fingerprint density at radius 3 is 2.40 bits per heavy atom. The maximum atomic E-state index is 16.8. The van der Waals surface area contributed by atoms with Crippen LogP contribution in [0.3, 0.4) is 0 Å². The van der Waals surface area contributed by atoms with Crippen molar-refractivity contribution in [1.29, 1.82) is 0 Å². The molecule has 43 heavy (non-hydrogen) atoms. The second-order valence-electron chi connectivity index (χ2n) is 13.7. The average molecular weight is 598 g/mol. The summed E-state index contributed by atoms with van der Waals surface area (Å²) < 4.78 is 48.4. The number of cyclic esters (lactones) is 1. The number of halogens is 2. The number of nitrogens with zero attached hydrogens (tertiary/aromatic N) is 1. The molecule has 8 heteroatoms. The summed E-state index contributed by atoms with van der Waals surface area (Å²) in [5.74, 6) is -0.0370. The molecule has 2 aromatic carbocycles. The molecule has 3 aliphatic rings. The van der Waals surface area contributed by atoms with E-state index in [2.05, 4.69) is 0 Å². The van der Waals surface area contributed by atoms with Crippen LogP contribution < -0.4 is 9.47 Å². The van der Waals surface area contributed by atoms with Gasteiger partial charge in [0.2, 0.25) is 0 Å². The van der Waals surface area contributed by atoms with Gasteiger partial charge in [0.05, 0.1) is 19.8 Å². The van der Waals surface area contributed by atoms with Crippen LogP contribution in [-0.4, -0.2) is 47.9 Å². The molecule has 3 atom stereocenters. The third-order valence-corrected chi connectivity index (χ3v) is 9.68. The van der Waals surface area contributed by atoms with E-state index in [1.165, 1.54) is 13.0 Å². The summed E-state index contributed by atoms with van der Waals surface area (Å²) in [6.45, 7) is 9.18. The van der Waals surface area contributed by atoms with Gasteiger partial charge in [-0.25, -0.2) is 18.5 Å². The quantitative estimate of drug-likeness (QED) is 0.276. The summed E-state index contributed by atoms with van der Waals surface area (Å²) in [7, 11) is 1.59. The van der Waals surface area contributed by atoms with E-state index in [0.29, 0.717) is 35.2 Å². The van der Waals surface area contributed by atoms with Gasteiger partial charge in [-0.05, 0) is 124 Å². The van der Waals surface area contributed by atoms with Gasteiger partial charge in [0.15, 0.2) is 5.67 Å². The fourth-order valence-electron chi connectivity index (χ4n) is 7.51. The minimum absolute atomic E-state index is 0.00520. The molecule has 0 bridgehead atoms. The summed E-state index contributed by atoms with van der Waals surface area (Å²) in [6.07, 6.45) is 4.44. The van der Waals surface area contributed by atoms with Crippen LogP contribution in [0, 0.1) is 23.6 Å². The average Bonchev–Trinajstić information content (AvgIpc) is 3.75. The lowest BCUT2D eigenvalue weighted by Crippen LogP contribution is -2.55. The van der Waals surface area contributed by atoms with Crippen LogP contribution in [-0.2, 0) is 9.53 Å². The zero-order valence-electron chi connectivity index (χ0n) is 26.2. The number of alkyl halides is 1. The number of ether oxygens (including phenoxy) is 3. The third-order valence-electron chi connectivity index (χ3n) is 9.68.